The van der Waals surface area contributed by atoms with Crippen LogP contribution in [0.2, 0.25) is 0 Å². The quantitative estimate of drug-likeness (QED) is 0.554. The number of hydrogen-bond acceptors (Lipinski definition) is 7. The lowest BCUT2D eigenvalue weighted by Crippen LogP contribution is -2.27. The predicted octanol–water partition coefficient (Wildman–Crippen LogP) is 4.76. The molecule has 0 atom stereocenters. The molecule has 156 valence electrons. The molecule has 0 spiro atoms. The topological polar surface area (TPSA) is 68.7 Å². The molecule has 2 aromatic carbocycles. The molecule has 0 fully saturated rings. The van der Waals surface area contributed by atoms with E-state index in [0.29, 0.717) is 0 Å². The number of aromatic nitrogens is 1. The molecule has 0 aliphatic carbocycles. The summed E-state index contributed by atoms with van der Waals surface area (Å²) >= 11 is 1.60. The van der Waals surface area contributed by atoms with Gasteiger partial charge in [0.15, 0.2) is 0 Å². The van der Waals surface area contributed by atoms with Crippen molar-refractivity contribution in [3.63, 3.8) is 0 Å². The number of benzene rings is 2. The first-order chi connectivity index (χ1) is 15.0. The Balaban J connectivity index is 1.88. The summed E-state index contributed by atoms with van der Waals surface area (Å²) in [6.45, 7) is 1.94. The van der Waals surface area contributed by atoms with Gasteiger partial charge in [-0.15, -0.1) is 11.3 Å². The molecular formula is C24H20N2O4S. The number of fused-ring (bicyclic) bond motifs is 1. The molecule has 4 rings (SSSR count). The van der Waals surface area contributed by atoms with E-state index in [-0.39, 0.29) is 11.3 Å². The summed E-state index contributed by atoms with van der Waals surface area (Å²) in [4.78, 5) is 31.5. The van der Waals surface area contributed by atoms with Gasteiger partial charge in [0, 0.05) is 17.5 Å². The van der Waals surface area contributed by atoms with E-state index < -0.39 is 11.9 Å². The molecule has 0 radical (unpaired) electrons. The Labute approximate surface area is 183 Å². The number of anilines is 1. The van der Waals surface area contributed by atoms with Gasteiger partial charge >= 0.3 is 11.9 Å². The van der Waals surface area contributed by atoms with Crippen LogP contribution in [0.5, 0.6) is 0 Å². The molecule has 0 N–H and O–H groups in total. The van der Waals surface area contributed by atoms with E-state index in [2.05, 4.69) is 0 Å². The van der Waals surface area contributed by atoms with Gasteiger partial charge in [-0.1, -0.05) is 30.3 Å². The number of ether oxygens (including phenoxy) is 2. The molecular weight excluding hydrogens is 412 g/mol. The van der Waals surface area contributed by atoms with Crippen LogP contribution in [0, 0.1) is 6.92 Å². The Morgan fingerprint density at radius 2 is 1.77 bits per heavy atom. The Morgan fingerprint density at radius 3 is 2.52 bits per heavy atom. The average molecular weight is 433 g/mol. The van der Waals surface area contributed by atoms with Crippen LogP contribution in [-0.2, 0) is 19.1 Å². The molecule has 0 amide bonds. The molecule has 0 bridgehead atoms. The highest BCUT2D eigenvalue weighted by Crippen LogP contribution is 2.35. The fraction of sp³-hybridized carbons (Fsp3) is 0.125. The fourth-order valence-electron chi connectivity index (χ4n) is 3.35. The standard InChI is InChI=1S/C24H20N2O4S/c1-15-11-12-16(22-25-18-9-4-5-10-20(18)31-22)14-19(15)26-13-7-6-8-17(23(27)29-2)21(26)24(28)30-3/h4-14H,1-3H3. The molecule has 3 aromatic rings. The van der Waals surface area contributed by atoms with Gasteiger partial charge in [0.2, 0.25) is 0 Å². The van der Waals surface area contributed by atoms with Gasteiger partial charge in [0.25, 0.3) is 0 Å². The van der Waals surface area contributed by atoms with Crippen LogP contribution in [0.3, 0.4) is 0 Å². The molecule has 2 heterocycles. The number of hydrogen-bond donors (Lipinski definition) is 0. The maximum Gasteiger partial charge on any atom is 0.355 e. The van der Waals surface area contributed by atoms with Gasteiger partial charge in [0.1, 0.15) is 10.7 Å². The van der Waals surface area contributed by atoms with Crippen molar-refractivity contribution in [1.29, 1.82) is 0 Å². The summed E-state index contributed by atoms with van der Waals surface area (Å²) in [7, 11) is 2.56. The zero-order valence-electron chi connectivity index (χ0n) is 17.3. The number of carbonyl (C=O) groups excluding carboxylic acids is 2. The van der Waals surface area contributed by atoms with Gasteiger partial charge in [0.05, 0.1) is 30.0 Å². The molecule has 1 aliphatic rings. The van der Waals surface area contributed by atoms with E-state index in [0.717, 1.165) is 32.0 Å². The van der Waals surface area contributed by atoms with Crippen LogP contribution >= 0.6 is 11.3 Å². The van der Waals surface area contributed by atoms with Crippen LogP contribution in [0.4, 0.5) is 5.69 Å². The summed E-state index contributed by atoms with van der Waals surface area (Å²) in [6.07, 6.45) is 6.70. The molecule has 31 heavy (non-hydrogen) atoms. The Kier molecular flexibility index (Phi) is 5.68. The number of para-hydroxylation sites is 1. The van der Waals surface area contributed by atoms with Crippen LogP contribution in [0.15, 0.2) is 78.2 Å². The molecule has 1 aliphatic heterocycles. The molecule has 6 nitrogen and oxygen atoms in total. The molecule has 0 saturated carbocycles. The third-order valence-corrected chi connectivity index (χ3v) is 5.98. The minimum Gasteiger partial charge on any atom is -0.465 e. The number of thiazole rings is 1. The van der Waals surface area contributed by atoms with Crippen LogP contribution < -0.4 is 4.90 Å². The van der Waals surface area contributed by atoms with Crippen molar-refractivity contribution in [1.82, 2.24) is 4.98 Å². The number of rotatable bonds is 4. The minimum absolute atomic E-state index is 0.0869. The second-order valence-electron chi connectivity index (χ2n) is 6.80. The van der Waals surface area contributed by atoms with E-state index in [1.165, 1.54) is 14.2 Å². The van der Waals surface area contributed by atoms with E-state index >= 15 is 0 Å². The van der Waals surface area contributed by atoms with Crippen LogP contribution in [0.25, 0.3) is 20.8 Å². The first-order valence-electron chi connectivity index (χ1n) is 9.55. The highest BCUT2D eigenvalue weighted by Gasteiger charge is 2.28. The normalized spacial score (nSPS) is 13.5. The van der Waals surface area contributed by atoms with Crippen molar-refractivity contribution in [2.75, 3.05) is 19.1 Å². The van der Waals surface area contributed by atoms with E-state index in [1.54, 1.807) is 40.7 Å². The maximum absolute atomic E-state index is 12.7. The lowest BCUT2D eigenvalue weighted by Gasteiger charge is -2.25. The number of methoxy groups -OCH3 is 2. The highest BCUT2D eigenvalue weighted by atomic mass is 32.1. The van der Waals surface area contributed by atoms with Gasteiger partial charge < -0.3 is 14.4 Å². The third-order valence-electron chi connectivity index (χ3n) is 4.90. The van der Waals surface area contributed by atoms with Crippen LogP contribution in [-0.4, -0.2) is 31.1 Å². The summed E-state index contributed by atoms with van der Waals surface area (Å²) in [5, 5.41) is 0.871. The number of aryl methyl sites for hydroxylation is 1. The molecule has 7 heteroatoms. The Hall–Kier alpha value is -3.71. The van der Waals surface area contributed by atoms with Crippen molar-refractivity contribution in [2.45, 2.75) is 6.92 Å². The van der Waals surface area contributed by atoms with Crippen molar-refractivity contribution in [3.8, 4) is 10.6 Å². The van der Waals surface area contributed by atoms with Crippen molar-refractivity contribution in [3.05, 3.63) is 83.7 Å². The first kappa shape index (κ1) is 20.6. The van der Waals surface area contributed by atoms with Crippen molar-refractivity contribution >= 4 is 39.2 Å². The summed E-state index contributed by atoms with van der Waals surface area (Å²) in [6, 6.07) is 13.9. The number of nitrogens with zero attached hydrogens (tertiary/aromatic N) is 2. The fourth-order valence-corrected chi connectivity index (χ4v) is 4.31. The third kappa shape index (κ3) is 3.87. The van der Waals surface area contributed by atoms with Crippen molar-refractivity contribution < 1.29 is 19.1 Å². The zero-order valence-corrected chi connectivity index (χ0v) is 18.1. The highest BCUT2D eigenvalue weighted by molar-refractivity contribution is 7.21. The Bertz CT molecular complexity index is 1240. The smallest absolute Gasteiger partial charge is 0.355 e. The second-order valence-corrected chi connectivity index (χ2v) is 7.83. The van der Waals surface area contributed by atoms with Gasteiger partial charge in [-0.3, -0.25) is 0 Å². The molecule has 1 aromatic heterocycles. The van der Waals surface area contributed by atoms with E-state index in [1.807, 2.05) is 49.4 Å². The number of esters is 2. The number of allylic oxidation sites excluding steroid dienone is 2. The molecule has 0 unspecified atom stereocenters. The van der Waals surface area contributed by atoms with E-state index in [4.69, 9.17) is 14.5 Å². The zero-order chi connectivity index (χ0) is 22.0. The summed E-state index contributed by atoms with van der Waals surface area (Å²) < 4.78 is 11.0. The van der Waals surface area contributed by atoms with Gasteiger partial charge in [-0.05, 0) is 42.8 Å². The predicted molar refractivity (Wildman–Crippen MR) is 122 cm³/mol. The minimum atomic E-state index is -0.638. The molecule has 0 saturated heterocycles. The first-order valence-corrected chi connectivity index (χ1v) is 10.4. The SMILES string of the molecule is COC(=O)C1=C(C(=O)OC)N(c2cc(-c3nc4ccccc4s3)ccc2C)C=CC=C1. The van der Waals surface area contributed by atoms with Gasteiger partial charge in [-0.2, -0.15) is 0 Å². The monoisotopic (exact) mass is 432 g/mol. The number of carbonyl (C=O) groups is 2. The maximum atomic E-state index is 12.7. The largest absolute Gasteiger partial charge is 0.465 e. The average Bonchev–Trinajstić information content (AvgIpc) is 3.11. The van der Waals surface area contributed by atoms with Crippen molar-refractivity contribution in [2.24, 2.45) is 0 Å². The van der Waals surface area contributed by atoms with E-state index in [9.17, 15) is 9.59 Å². The lowest BCUT2D eigenvalue weighted by molar-refractivity contribution is -0.139. The summed E-state index contributed by atoms with van der Waals surface area (Å²) in [5.41, 5.74) is 3.71. The summed E-state index contributed by atoms with van der Waals surface area (Å²) in [5.74, 6) is -1.26. The van der Waals surface area contributed by atoms with Gasteiger partial charge in [-0.25, -0.2) is 14.6 Å². The second kappa shape index (κ2) is 8.57. The lowest BCUT2D eigenvalue weighted by atomic mass is 10.1. The Morgan fingerprint density at radius 1 is 1.00 bits per heavy atom. The van der Waals surface area contributed by atoms with Crippen LogP contribution in [0.1, 0.15) is 5.56 Å².